The smallest absolute Gasteiger partial charge is 0.146 e. The summed E-state index contributed by atoms with van der Waals surface area (Å²) in [6, 6.07) is 6.75. The van der Waals surface area contributed by atoms with Crippen molar-refractivity contribution in [3.05, 3.63) is 41.1 Å². The summed E-state index contributed by atoms with van der Waals surface area (Å²) < 4.78 is 6.35. The van der Waals surface area contributed by atoms with Crippen LogP contribution in [0.3, 0.4) is 0 Å². The fourth-order valence-corrected chi connectivity index (χ4v) is 4.67. The number of pyridine rings is 1. The number of hydrogen-bond acceptors (Lipinski definition) is 5. The van der Waals surface area contributed by atoms with Gasteiger partial charge in [-0.05, 0) is 74.9 Å². The molecule has 3 heterocycles. The Kier molecular flexibility index (Phi) is 6.24. The summed E-state index contributed by atoms with van der Waals surface area (Å²) in [7, 11) is 0. The van der Waals surface area contributed by atoms with Crippen molar-refractivity contribution in [3.63, 3.8) is 0 Å². The van der Waals surface area contributed by atoms with E-state index in [0.717, 1.165) is 61.8 Å². The van der Waals surface area contributed by atoms with Gasteiger partial charge in [0.2, 0.25) is 0 Å². The Balaban J connectivity index is 1.68. The van der Waals surface area contributed by atoms with Crippen LogP contribution in [-0.2, 0) is 6.61 Å². The van der Waals surface area contributed by atoms with Gasteiger partial charge in [-0.1, -0.05) is 19.9 Å². The molecule has 156 valence electrons. The van der Waals surface area contributed by atoms with Gasteiger partial charge in [0.15, 0.2) is 0 Å². The average Bonchev–Trinajstić information content (AvgIpc) is 2.93. The molecule has 0 bridgehead atoms. The summed E-state index contributed by atoms with van der Waals surface area (Å²) in [5, 5.41) is 7.09. The summed E-state index contributed by atoms with van der Waals surface area (Å²) in [6.45, 7) is 11.5. The highest BCUT2D eigenvalue weighted by atomic mass is 16.5. The molecule has 2 aliphatic heterocycles. The Labute approximate surface area is 174 Å². The Morgan fingerprint density at radius 2 is 1.90 bits per heavy atom. The molecular weight excluding hydrogens is 360 g/mol. The minimum atomic E-state index is 0.552. The van der Waals surface area contributed by atoms with Gasteiger partial charge < -0.3 is 20.3 Å². The lowest BCUT2D eigenvalue weighted by atomic mass is 9.89. The molecule has 0 radical (unpaired) electrons. The molecule has 0 atom stereocenters. The van der Waals surface area contributed by atoms with Gasteiger partial charge in [0.1, 0.15) is 18.2 Å². The maximum atomic E-state index is 6.35. The van der Waals surface area contributed by atoms with E-state index in [1.165, 1.54) is 29.7 Å². The number of ether oxygens (including phenoxy) is 1. The number of benzene rings is 1. The Hall–Kier alpha value is -2.27. The number of nitrogens with one attached hydrogen (secondary N) is 2. The molecular formula is C24H34N4O. The second-order valence-corrected chi connectivity index (χ2v) is 8.30. The van der Waals surface area contributed by atoms with Crippen LogP contribution in [0.25, 0.3) is 0 Å². The normalized spacial score (nSPS) is 16.2. The van der Waals surface area contributed by atoms with Crippen LogP contribution in [0, 0.1) is 6.92 Å². The number of hydrogen-bond donors (Lipinski definition) is 2. The van der Waals surface area contributed by atoms with Crippen LogP contribution in [0.1, 0.15) is 62.1 Å². The molecule has 1 aromatic heterocycles. The highest BCUT2D eigenvalue weighted by Gasteiger charge is 2.24. The molecule has 1 fully saturated rings. The van der Waals surface area contributed by atoms with E-state index in [9.17, 15) is 0 Å². The first-order chi connectivity index (χ1) is 14.2. The number of anilines is 3. The fourth-order valence-electron chi connectivity index (χ4n) is 4.67. The van der Waals surface area contributed by atoms with Gasteiger partial charge in [0, 0.05) is 25.0 Å². The second kappa shape index (κ2) is 9.04. The minimum Gasteiger partial charge on any atom is -0.486 e. The Morgan fingerprint density at radius 3 is 2.62 bits per heavy atom. The van der Waals surface area contributed by atoms with Crippen molar-refractivity contribution in [3.8, 4) is 5.75 Å². The van der Waals surface area contributed by atoms with Crippen molar-refractivity contribution in [2.45, 2.75) is 59.0 Å². The molecule has 0 unspecified atom stereocenters. The number of aromatic nitrogens is 1. The van der Waals surface area contributed by atoms with Gasteiger partial charge in [-0.3, -0.25) is 0 Å². The van der Waals surface area contributed by atoms with E-state index in [1.54, 1.807) is 0 Å². The third kappa shape index (κ3) is 4.20. The molecule has 2 N–H and O–H groups in total. The van der Waals surface area contributed by atoms with Crippen molar-refractivity contribution in [1.29, 1.82) is 0 Å². The van der Waals surface area contributed by atoms with Gasteiger partial charge >= 0.3 is 0 Å². The molecule has 5 heteroatoms. The van der Waals surface area contributed by atoms with Crippen molar-refractivity contribution in [2.75, 3.05) is 36.4 Å². The Morgan fingerprint density at radius 1 is 1.14 bits per heavy atom. The van der Waals surface area contributed by atoms with Crippen molar-refractivity contribution in [1.82, 2.24) is 10.3 Å². The lowest BCUT2D eigenvalue weighted by molar-refractivity contribution is 0.308. The number of rotatable bonds is 6. The van der Waals surface area contributed by atoms with E-state index in [1.807, 2.05) is 6.20 Å². The van der Waals surface area contributed by atoms with E-state index in [0.29, 0.717) is 12.5 Å². The predicted octanol–water partition coefficient (Wildman–Crippen LogP) is 5.12. The van der Waals surface area contributed by atoms with E-state index in [4.69, 9.17) is 4.74 Å². The quantitative estimate of drug-likeness (QED) is 0.712. The van der Waals surface area contributed by atoms with Crippen LogP contribution < -0.4 is 20.3 Å². The minimum absolute atomic E-state index is 0.552. The maximum Gasteiger partial charge on any atom is 0.146 e. The molecule has 0 aliphatic carbocycles. The van der Waals surface area contributed by atoms with Crippen LogP contribution in [-0.4, -0.2) is 31.2 Å². The monoisotopic (exact) mass is 394 g/mol. The largest absolute Gasteiger partial charge is 0.486 e. The predicted molar refractivity (Wildman–Crippen MR) is 121 cm³/mol. The van der Waals surface area contributed by atoms with Crippen LogP contribution in [0.15, 0.2) is 24.4 Å². The molecule has 5 nitrogen and oxygen atoms in total. The molecule has 2 aliphatic rings. The lowest BCUT2D eigenvalue weighted by Gasteiger charge is -2.26. The first kappa shape index (κ1) is 20.0. The van der Waals surface area contributed by atoms with Gasteiger partial charge in [-0.2, -0.15) is 0 Å². The van der Waals surface area contributed by atoms with Crippen molar-refractivity contribution in [2.24, 2.45) is 0 Å². The highest BCUT2D eigenvalue weighted by molar-refractivity contribution is 5.74. The molecule has 2 aromatic rings. The molecule has 1 saturated heterocycles. The average molecular weight is 395 g/mol. The number of aryl methyl sites for hydroxylation is 1. The first-order valence-electron chi connectivity index (χ1n) is 11.2. The van der Waals surface area contributed by atoms with E-state index >= 15 is 0 Å². The van der Waals surface area contributed by atoms with Gasteiger partial charge in [0.25, 0.3) is 0 Å². The fraction of sp³-hybridized carbons (Fsp3) is 0.542. The Bertz CT molecular complexity index is 839. The summed E-state index contributed by atoms with van der Waals surface area (Å²) >= 11 is 0. The third-order valence-corrected chi connectivity index (χ3v) is 6.08. The van der Waals surface area contributed by atoms with Gasteiger partial charge in [-0.25, -0.2) is 4.98 Å². The zero-order valence-electron chi connectivity index (χ0n) is 18.1. The first-order valence-corrected chi connectivity index (χ1v) is 11.2. The number of fused-ring (bicyclic) bond motifs is 2. The zero-order chi connectivity index (χ0) is 20.2. The maximum absolute atomic E-state index is 6.35. The highest BCUT2D eigenvalue weighted by Crippen LogP contribution is 2.41. The number of piperidine rings is 1. The van der Waals surface area contributed by atoms with Crippen LogP contribution >= 0.6 is 0 Å². The van der Waals surface area contributed by atoms with Crippen LogP contribution in [0.4, 0.5) is 17.2 Å². The second-order valence-electron chi connectivity index (χ2n) is 8.30. The zero-order valence-corrected chi connectivity index (χ0v) is 18.1. The molecule has 1 aromatic carbocycles. The topological polar surface area (TPSA) is 49.4 Å². The molecule has 4 rings (SSSR count). The van der Waals surface area contributed by atoms with Crippen LogP contribution in [0.5, 0.6) is 5.75 Å². The van der Waals surface area contributed by atoms with Gasteiger partial charge in [0.05, 0.1) is 11.3 Å². The van der Waals surface area contributed by atoms with E-state index in [2.05, 4.69) is 59.5 Å². The molecule has 0 amide bonds. The van der Waals surface area contributed by atoms with Crippen LogP contribution in [0.2, 0.25) is 0 Å². The summed E-state index contributed by atoms with van der Waals surface area (Å²) in [5.41, 5.74) is 6.08. The van der Waals surface area contributed by atoms with Gasteiger partial charge in [-0.15, -0.1) is 0 Å². The molecule has 0 spiro atoms. The lowest BCUT2D eigenvalue weighted by Crippen LogP contribution is -2.26. The van der Waals surface area contributed by atoms with Crippen molar-refractivity contribution < 1.29 is 4.74 Å². The SMILES string of the molecule is CCCN(CCC)c1ccnc2c1COc1c(C)cc(C3CCNCC3)cc1N2. The third-order valence-electron chi connectivity index (χ3n) is 6.08. The summed E-state index contributed by atoms with van der Waals surface area (Å²) in [4.78, 5) is 7.15. The molecule has 29 heavy (non-hydrogen) atoms. The molecule has 0 saturated carbocycles. The number of nitrogens with zero attached hydrogens (tertiary/aromatic N) is 2. The van der Waals surface area contributed by atoms with Crippen molar-refractivity contribution >= 4 is 17.2 Å². The van der Waals surface area contributed by atoms with E-state index < -0.39 is 0 Å². The van der Waals surface area contributed by atoms with E-state index in [-0.39, 0.29) is 0 Å². The summed E-state index contributed by atoms with van der Waals surface area (Å²) in [5.74, 6) is 2.51. The standard InChI is InChI=1S/C24H34N4O/c1-4-12-28(13-5-2)22-8-11-26-24-20(22)16-29-23-17(3)14-19(15-21(23)27-24)18-6-9-25-10-7-18/h8,11,14-15,18,25H,4-7,9-10,12-13,16H2,1-3H3,(H,26,27). The summed E-state index contributed by atoms with van der Waals surface area (Å²) in [6.07, 6.45) is 6.57.